The molecule has 6 nitrogen and oxygen atoms in total. The fourth-order valence-corrected chi connectivity index (χ4v) is 0. The van der Waals surface area contributed by atoms with E-state index in [1.807, 2.05) is 0 Å². The van der Waals surface area contributed by atoms with Crippen LogP contribution in [0.15, 0.2) is 0 Å². The largest absolute Gasteiger partial charge is 1.00 e. The van der Waals surface area contributed by atoms with Gasteiger partial charge in [0.05, 0.1) is 0 Å². The van der Waals surface area contributed by atoms with Gasteiger partial charge in [0.2, 0.25) is 0 Å². The van der Waals surface area contributed by atoms with E-state index in [-0.39, 0.29) is 118 Å². The number of rotatable bonds is 0. The number of carbonyl (C=O) groups is 1. The summed E-state index contributed by atoms with van der Waals surface area (Å²) >= 11 is 0. The van der Waals surface area contributed by atoms with Gasteiger partial charge in [-0.3, -0.25) is 0 Å². The van der Waals surface area contributed by atoms with Gasteiger partial charge < -0.3 is 29.1 Å². The van der Waals surface area contributed by atoms with Crippen LogP contribution in [0.1, 0.15) is 6.92 Å². The van der Waals surface area contributed by atoms with Crippen LogP contribution >= 0.6 is 7.82 Å². The Hall–Kier alpha value is 3.58. The first kappa shape index (κ1) is 36.0. The Balaban J connectivity index is -0.0000000146. The van der Waals surface area contributed by atoms with Gasteiger partial charge in [0.15, 0.2) is 0 Å². The van der Waals surface area contributed by atoms with Crippen molar-refractivity contribution in [3.63, 3.8) is 0 Å². The van der Waals surface area contributed by atoms with E-state index in [4.69, 9.17) is 29.1 Å². The van der Waals surface area contributed by atoms with Crippen LogP contribution in [0.2, 0.25) is 0 Å². The molecule has 0 spiro atoms. The maximum Gasteiger partial charge on any atom is 1.00 e. The molecule has 11 heteroatoms. The van der Waals surface area contributed by atoms with Gasteiger partial charge in [-0.2, -0.15) is 7.82 Å². The summed E-state index contributed by atoms with van der Waals surface area (Å²) in [4.78, 5) is 34.5. The molecule has 0 aliphatic heterocycles. The number of hydrogen-bond donors (Lipinski definition) is 0. The number of phosphoric acid groups is 1. The average molecular weight is 246 g/mol. The van der Waals surface area contributed by atoms with Gasteiger partial charge in [-0.15, -0.1) is 0 Å². The molecule has 0 radical (unpaired) electrons. The Morgan fingerprint density at radius 1 is 1.00 bits per heavy atom. The number of carboxylic acid groups (broad SMARTS) is 1. The molecule has 0 rings (SSSR count). The van der Waals surface area contributed by atoms with Gasteiger partial charge in [0.1, 0.15) is 0 Å². The average Bonchev–Trinajstić information content (AvgIpc) is 1.19. The first-order valence-electron chi connectivity index (χ1n) is 1.64. The first-order valence-corrected chi connectivity index (χ1v) is 3.10. The molecule has 0 amide bonds. The predicted molar refractivity (Wildman–Crippen MR) is 18.3 cm³/mol. The molecule has 0 aromatic carbocycles. The maximum atomic E-state index is 8.89. The van der Waals surface area contributed by atoms with E-state index in [1.54, 1.807) is 0 Å². The Labute approximate surface area is 165 Å². The van der Waals surface area contributed by atoms with Crippen LogP contribution < -0.4 is 138 Å². The summed E-state index contributed by atoms with van der Waals surface area (Å²) in [7, 11) is -5.39. The van der Waals surface area contributed by atoms with E-state index >= 15 is 0 Å². The summed E-state index contributed by atoms with van der Waals surface area (Å²) in [5, 5.41) is 8.89. The first-order chi connectivity index (χ1) is 3.73. The normalized spacial score (nSPS) is 6.46. The van der Waals surface area contributed by atoms with E-state index in [0.29, 0.717) is 0 Å². The van der Waals surface area contributed by atoms with Crippen molar-refractivity contribution in [2.24, 2.45) is 0 Å². The second kappa shape index (κ2) is 20.9. The van der Waals surface area contributed by atoms with Gasteiger partial charge in [-0.05, 0) is 6.92 Å². The molecule has 0 unspecified atom stereocenters. The quantitative estimate of drug-likeness (QED) is 0.308. The van der Waals surface area contributed by atoms with Gasteiger partial charge in [-0.1, -0.05) is 0 Å². The minimum Gasteiger partial charge on any atom is -0.822 e. The second-order valence-corrected chi connectivity index (χ2v) is 1.83. The van der Waals surface area contributed by atoms with E-state index in [9.17, 15) is 0 Å². The molecule has 0 saturated carbocycles. The molecule has 13 heavy (non-hydrogen) atoms. The summed E-state index contributed by atoms with van der Waals surface area (Å²) in [6.07, 6.45) is 0. The summed E-state index contributed by atoms with van der Waals surface area (Å²) in [5.74, 6) is -1.08. The zero-order chi connectivity index (χ0) is 8.08. The van der Waals surface area contributed by atoms with Crippen molar-refractivity contribution in [2.45, 2.75) is 6.92 Å². The molecule has 0 atom stereocenters. The van der Waals surface area contributed by atoms with Crippen molar-refractivity contribution in [2.75, 3.05) is 0 Å². The molecule has 0 fully saturated rings. The van der Waals surface area contributed by atoms with Crippen LogP contribution in [0.4, 0.5) is 0 Å². The van der Waals surface area contributed by atoms with E-state index in [2.05, 4.69) is 0 Å². The van der Waals surface area contributed by atoms with E-state index in [0.717, 1.165) is 6.92 Å². The minimum atomic E-state index is -5.39. The van der Waals surface area contributed by atoms with E-state index < -0.39 is 13.8 Å². The van der Waals surface area contributed by atoms with Gasteiger partial charge >= 0.3 is 118 Å². The summed E-state index contributed by atoms with van der Waals surface area (Å²) < 4.78 is 8.55. The van der Waals surface area contributed by atoms with Gasteiger partial charge in [0, 0.05) is 5.97 Å². The van der Waals surface area contributed by atoms with Crippen molar-refractivity contribution in [1.29, 1.82) is 0 Å². The summed E-state index contributed by atoms with van der Waals surface area (Å²) in [6, 6.07) is 0. The maximum absolute atomic E-state index is 8.89. The van der Waals surface area contributed by atoms with Crippen LogP contribution in [-0.4, -0.2) is 5.97 Å². The number of aliphatic carboxylic acids is 1. The summed E-state index contributed by atoms with van der Waals surface area (Å²) in [5.41, 5.74) is 0. The predicted octanol–water partition coefficient (Wildman–Crippen LogP) is -16.1. The fourth-order valence-electron chi connectivity index (χ4n) is 0. The third-order valence-corrected chi connectivity index (χ3v) is 0. The second-order valence-electron chi connectivity index (χ2n) is 0.939. The van der Waals surface area contributed by atoms with Crippen molar-refractivity contribution >= 4 is 13.8 Å². The third-order valence-electron chi connectivity index (χ3n) is 0. The van der Waals surface area contributed by atoms with E-state index in [1.165, 1.54) is 0 Å². The molecule has 0 aliphatic rings. The van der Waals surface area contributed by atoms with Crippen LogP contribution in [0.25, 0.3) is 0 Å². The molecule has 0 N–H and O–H groups in total. The topological polar surface area (TPSA) is 126 Å². The minimum absolute atomic E-state index is 0. The van der Waals surface area contributed by atoms with Crippen LogP contribution in [0.3, 0.4) is 0 Å². The molecular formula is C2H3Na4O6P. The summed E-state index contributed by atoms with van der Waals surface area (Å²) in [6.45, 7) is 0.972. The van der Waals surface area contributed by atoms with Crippen molar-refractivity contribution in [3.05, 3.63) is 0 Å². The molecule has 0 saturated heterocycles. The SMILES string of the molecule is CC(=O)[O-].O=P([O-])([O-])[O-].[Na+].[Na+].[Na+].[Na+]. The van der Waals surface area contributed by atoms with Crippen LogP contribution in [0, 0.1) is 0 Å². The van der Waals surface area contributed by atoms with Crippen molar-refractivity contribution < 1.29 is 147 Å². The molecule has 0 aromatic rings. The third kappa shape index (κ3) is 224. The zero-order valence-electron chi connectivity index (χ0n) is 8.40. The monoisotopic (exact) mass is 246 g/mol. The molecule has 0 heterocycles. The Morgan fingerprint density at radius 2 is 1.00 bits per heavy atom. The molecular weight excluding hydrogens is 243 g/mol. The Bertz CT molecular complexity index is 122. The van der Waals surface area contributed by atoms with Gasteiger partial charge in [0.25, 0.3) is 0 Å². The fraction of sp³-hybridized carbons (Fsp3) is 0.500. The number of hydrogen-bond acceptors (Lipinski definition) is 6. The standard InChI is InChI=1S/C2H4O2.4Na.H3O4P/c1-2(3)4;;;;;1-5(2,3)4/h1H3,(H,3,4);;;;;(H3,1,2,3,4)/q;4*+1;/p-4. The number of carboxylic acids is 1. The van der Waals surface area contributed by atoms with Crippen LogP contribution in [-0.2, 0) is 9.36 Å². The van der Waals surface area contributed by atoms with Gasteiger partial charge in [-0.25, -0.2) is 0 Å². The Morgan fingerprint density at radius 3 is 1.00 bits per heavy atom. The molecule has 0 aromatic heterocycles. The van der Waals surface area contributed by atoms with Crippen LogP contribution in [0.5, 0.6) is 0 Å². The van der Waals surface area contributed by atoms with Crippen molar-refractivity contribution in [1.82, 2.24) is 0 Å². The smallest absolute Gasteiger partial charge is 0.822 e. The molecule has 0 bridgehead atoms. The zero-order valence-corrected chi connectivity index (χ0v) is 17.3. The Kier molecular flexibility index (Phi) is 57.9. The van der Waals surface area contributed by atoms with Crippen molar-refractivity contribution in [3.8, 4) is 0 Å². The number of carbonyl (C=O) groups excluding carboxylic acids is 1. The molecule has 0 aliphatic carbocycles. The molecule has 56 valence electrons.